The van der Waals surface area contributed by atoms with Gasteiger partial charge in [-0.3, -0.25) is 14.4 Å². The number of carbonyl (C=O) groups excluding carboxylic acids is 2. The van der Waals surface area contributed by atoms with Gasteiger partial charge in [0.2, 0.25) is 5.91 Å². The number of nitrogens with one attached hydrogen (secondary N) is 2. The number of carbonyl (C=O) groups is 3. The number of amides is 2. The summed E-state index contributed by atoms with van der Waals surface area (Å²) in [4.78, 5) is 35.7. The van der Waals surface area contributed by atoms with E-state index in [2.05, 4.69) is 10.6 Å². The Morgan fingerprint density at radius 2 is 1.78 bits per heavy atom. The van der Waals surface area contributed by atoms with Crippen molar-refractivity contribution in [1.29, 1.82) is 0 Å². The fraction of sp³-hybridized carbons (Fsp3) is 0.471. The maximum Gasteiger partial charge on any atom is 0.310 e. The summed E-state index contributed by atoms with van der Waals surface area (Å²) in [6.07, 6.45) is 0.599. The third kappa shape index (κ3) is 4.31. The van der Waals surface area contributed by atoms with E-state index in [9.17, 15) is 19.5 Å². The molecule has 0 aromatic heterocycles. The van der Waals surface area contributed by atoms with Gasteiger partial charge in [-0.1, -0.05) is 25.5 Å². The van der Waals surface area contributed by atoms with Gasteiger partial charge < -0.3 is 15.7 Å². The largest absolute Gasteiger partial charge is 0.481 e. The van der Waals surface area contributed by atoms with Crippen LogP contribution in [0.5, 0.6) is 0 Å². The summed E-state index contributed by atoms with van der Waals surface area (Å²) in [6, 6.07) is 5.11. The average Bonchev–Trinajstić information content (AvgIpc) is 2.53. The summed E-state index contributed by atoms with van der Waals surface area (Å²) in [6.45, 7) is 5.36. The summed E-state index contributed by atoms with van der Waals surface area (Å²) in [5.74, 6) is -1.70. The van der Waals surface area contributed by atoms with Gasteiger partial charge >= 0.3 is 5.97 Å². The Morgan fingerprint density at radius 3 is 2.26 bits per heavy atom. The van der Waals surface area contributed by atoms with E-state index in [-0.39, 0.29) is 12.3 Å². The molecule has 0 atom stereocenters. The number of benzene rings is 1. The molecule has 6 nitrogen and oxygen atoms in total. The van der Waals surface area contributed by atoms with Crippen molar-refractivity contribution in [3.63, 3.8) is 0 Å². The molecule has 1 aromatic rings. The predicted molar refractivity (Wildman–Crippen MR) is 88.5 cm³/mol. The van der Waals surface area contributed by atoms with Crippen molar-refractivity contribution in [2.24, 2.45) is 5.41 Å². The molecule has 0 aliphatic rings. The third-order valence-corrected chi connectivity index (χ3v) is 4.23. The van der Waals surface area contributed by atoms with Crippen LogP contribution in [0.2, 0.25) is 0 Å². The second kappa shape index (κ2) is 7.76. The number of aliphatic carboxylic acids is 1. The van der Waals surface area contributed by atoms with Crippen LogP contribution in [-0.2, 0) is 9.59 Å². The van der Waals surface area contributed by atoms with Crippen molar-refractivity contribution in [2.45, 2.75) is 40.0 Å². The molecule has 0 aliphatic carbocycles. The minimum Gasteiger partial charge on any atom is -0.481 e. The Kier molecular flexibility index (Phi) is 6.30. The van der Waals surface area contributed by atoms with Gasteiger partial charge in [0.1, 0.15) is 0 Å². The molecule has 6 heteroatoms. The maximum atomic E-state index is 12.3. The average molecular weight is 320 g/mol. The van der Waals surface area contributed by atoms with Crippen molar-refractivity contribution in [2.75, 3.05) is 12.4 Å². The quantitative estimate of drug-likeness (QED) is 0.719. The summed E-state index contributed by atoms with van der Waals surface area (Å²) >= 11 is 0. The Morgan fingerprint density at radius 1 is 1.17 bits per heavy atom. The van der Waals surface area contributed by atoms with E-state index >= 15 is 0 Å². The standard InChI is InChI=1S/C17H24N2O4/c1-5-17(6-2,16(22)23)10-14(20)19-13-8-7-11(3)9-12(13)15(21)18-4/h7-9H,5-6,10H2,1-4H3,(H,18,21)(H,19,20)(H,22,23). The molecule has 23 heavy (non-hydrogen) atoms. The van der Waals surface area contributed by atoms with Gasteiger partial charge in [0.15, 0.2) is 0 Å². The van der Waals surface area contributed by atoms with E-state index in [1.165, 1.54) is 7.05 Å². The zero-order chi connectivity index (χ0) is 17.6. The minimum atomic E-state index is -1.08. The van der Waals surface area contributed by atoms with Crippen LogP contribution in [0, 0.1) is 12.3 Å². The highest BCUT2D eigenvalue weighted by Gasteiger charge is 2.37. The fourth-order valence-corrected chi connectivity index (χ4v) is 2.47. The van der Waals surface area contributed by atoms with Gasteiger partial charge in [-0.05, 0) is 31.9 Å². The smallest absolute Gasteiger partial charge is 0.310 e. The number of carboxylic acid groups (broad SMARTS) is 1. The first-order valence-electron chi connectivity index (χ1n) is 7.65. The zero-order valence-corrected chi connectivity index (χ0v) is 14.0. The topological polar surface area (TPSA) is 95.5 Å². The first-order chi connectivity index (χ1) is 10.8. The summed E-state index contributed by atoms with van der Waals surface area (Å²) in [5, 5.41) is 14.6. The number of hydrogen-bond acceptors (Lipinski definition) is 3. The van der Waals surface area contributed by atoms with Gasteiger partial charge in [-0.15, -0.1) is 0 Å². The second-order valence-electron chi connectivity index (χ2n) is 5.65. The van der Waals surface area contributed by atoms with Crippen molar-refractivity contribution in [3.8, 4) is 0 Å². The number of anilines is 1. The van der Waals surface area contributed by atoms with Crippen LogP contribution < -0.4 is 10.6 Å². The normalized spacial score (nSPS) is 11.0. The van der Waals surface area contributed by atoms with Crippen molar-refractivity contribution >= 4 is 23.5 Å². The van der Waals surface area contributed by atoms with Crippen molar-refractivity contribution < 1.29 is 19.5 Å². The van der Waals surface area contributed by atoms with E-state index in [0.29, 0.717) is 24.1 Å². The molecule has 0 heterocycles. The highest BCUT2D eigenvalue weighted by Crippen LogP contribution is 2.31. The Balaban J connectivity index is 3.02. The Bertz CT molecular complexity index is 607. The van der Waals surface area contributed by atoms with Crippen LogP contribution in [-0.4, -0.2) is 29.9 Å². The maximum absolute atomic E-state index is 12.3. The molecule has 126 valence electrons. The van der Waals surface area contributed by atoms with Gasteiger partial charge in [0, 0.05) is 13.5 Å². The van der Waals surface area contributed by atoms with E-state index in [1.807, 2.05) is 6.92 Å². The lowest BCUT2D eigenvalue weighted by atomic mass is 9.79. The molecule has 0 bridgehead atoms. The highest BCUT2D eigenvalue weighted by molar-refractivity contribution is 6.04. The highest BCUT2D eigenvalue weighted by atomic mass is 16.4. The molecule has 0 spiro atoms. The molecule has 0 fully saturated rings. The van der Waals surface area contributed by atoms with E-state index < -0.39 is 17.3 Å². The van der Waals surface area contributed by atoms with Crippen LogP contribution in [0.1, 0.15) is 49.0 Å². The zero-order valence-electron chi connectivity index (χ0n) is 14.0. The lowest BCUT2D eigenvalue weighted by Gasteiger charge is -2.26. The predicted octanol–water partition coefficient (Wildman–Crippen LogP) is 2.57. The van der Waals surface area contributed by atoms with E-state index in [4.69, 9.17) is 0 Å². The first-order valence-corrected chi connectivity index (χ1v) is 7.65. The first kappa shape index (κ1) is 18.7. The fourth-order valence-electron chi connectivity index (χ4n) is 2.47. The second-order valence-corrected chi connectivity index (χ2v) is 5.65. The Hall–Kier alpha value is -2.37. The SMILES string of the molecule is CCC(CC)(CC(=O)Nc1ccc(C)cc1C(=O)NC)C(=O)O. The Labute approximate surface area is 136 Å². The summed E-state index contributed by atoms with van der Waals surface area (Å²) < 4.78 is 0. The van der Waals surface area contributed by atoms with Crippen LogP contribution in [0.15, 0.2) is 18.2 Å². The van der Waals surface area contributed by atoms with Gasteiger partial charge in [-0.25, -0.2) is 0 Å². The van der Waals surface area contributed by atoms with Crippen LogP contribution in [0.25, 0.3) is 0 Å². The molecule has 0 unspecified atom stereocenters. The molecule has 0 saturated heterocycles. The molecule has 2 amide bonds. The van der Waals surface area contributed by atoms with E-state index in [1.54, 1.807) is 32.0 Å². The van der Waals surface area contributed by atoms with Crippen LogP contribution in [0.3, 0.4) is 0 Å². The lowest BCUT2D eigenvalue weighted by Crippen LogP contribution is -2.34. The number of hydrogen-bond donors (Lipinski definition) is 3. The molecule has 3 N–H and O–H groups in total. The summed E-state index contributed by atoms with van der Waals surface area (Å²) in [7, 11) is 1.51. The number of rotatable bonds is 7. The molecule has 0 saturated carbocycles. The number of carboxylic acids is 1. The van der Waals surface area contributed by atoms with Crippen LogP contribution >= 0.6 is 0 Å². The van der Waals surface area contributed by atoms with Crippen molar-refractivity contribution in [1.82, 2.24) is 5.32 Å². The van der Waals surface area contributed by atoms with Gasteiger partial charge in [0.05, 0.1) is 16.7 Å². The summed E-state index contributed by atoms with van der Waals surface area (Å²) in [5.41, 5.74) is 0.548. The molecule has 0 radical (unpaired) electrons. The molecule has 1 rings (SSSR count). The van der Waals surface area contributed by atoms with Crippen LogP contribution in [0.4, 0.5) is 5.69 Å². The lowest BCUT2D eigenvalue weighted by molar-refractivity contribution is -0.151. The number of aryl methyl sites for hydroxylation is 1. The minimum absolute atomic E-state index is 0.129. The van der Waals surface area contributed by atoms with E-state index in [0.717, 1.165) is 5.56 Å². The molecule has 0 aliphatic heterocycles. The molecular formula is C17H24N2O4. The van der Waals surface area contributed by atoms with Crippen molar-refractivity contribution in [3.05, 3.63) is 29.3 Å². The van der Waals surface area contributed by atoms with Gasteiger partial charge in [0.25, 0.3) is 5.91 Å². The monoisotopic (exact) mass is 320 g/mol. The third-order valence-electron chi connectivity index (χ3n) is 4.23. The van der Waals surface area contributed by atoms with Gasteiger partial charge in [-0.2, -0.15) is 0 Å². The molecular weight excluding hydrogens is 296 g/mol. The molecule has 1 aromatic carbocycles.